The minimum atomic E-state index is -3.58. The molecule has 1 heterocycles. The molecule has 0 saturated heterocycles. The summed E-state index contributed by atoms with van der Waals surface area (Å²) in [6.07, 6.45) is 1.81. The number of nitrogens with one attached hydrogen (secondary N) is 1. The Bertz CT molecular complexity index is 536. The topological polar surface area (TPSA) is 89.0 Å². The van der Waals surface area contributed by atoms with Gasteiger partial charge >= 0.3 is 5.69 Å². The molecule has 0 radical (unpaired) electrons. The average Bonchev–Trinajstić information content (AvgIpc) is 1.98. The number of rotatable bonds is 1. The third-order valence-corrected chi connectivity index (χ3v) is 2.64. The van der Waals surface area contributed by atoms with Crippen LogP contribution in [0.2, 0.25) is 0 Å². The maximum atomic E-state index is 11.2. The van der Waals surface area contributed by atoms with Crippen LogP contribution in [-0.2, 0) is 16.9 Å². The predicted octanol–water partition coefficient (Wildman–Crippen LogP) is -1.52. The first-order valence-corrected chi connectivity index (χ1v) is 5.22. The van der Waals surface area contributed by atoms with E-state index in [0.717, 1.165) is 12.5 Å². The summed E-state index contributed by atoms with van der Waals surface area (Å²) in [6, 6.07) is 0. The van der Waals surface area contributed by atoms with E-state index in [9.17, 15) is 18.0 Å². The Labute approximate surface area is 73.8 Å². The van der Waals surface area contributed by atoms with Crippen LogP contribution in [0.25, 0.3) is 0 Å². The van der Waals surface area contributed by atoms with E-state index in [4.69, 9.17) is 0 Å². The molecule has 0 atom stereocenters. The smallest absolute Gasteiger partial charge is 0.313 e. The van der Waals surface area contributed by atoms with Crippen molar-refractivity contribution in [2.24, 2.45) is 7.05 Å². The van der Waals surface area contributed by atoms with Gasteiger partial charge in [0.1, 0.15) is 4.90 Å². The minimum absolute atomic E-state index is 0.408. The lowest BCUT2D eigenvalue weighted by Gasteiger charge is -1.98. The van der Waals surface area contributed by atoms with Gasteiger partial charge in [0, 0.05) is 19.5 Å². The zero-order valence-electron chi connectivity index (χ0n) is 7.07. The Balaban J connectivity index is 3.74. The number of hydrogen-bond donors (Lipinski definition) is 1. The Kier molecular flexibility index (Phi) is 2.12. The van der Waals surface area contributed by atoms with Crippen LogP contribution in [0.5, 0.6) is 0 Å². The summed E-state index contributed by atoms with van der Waals surface area (Å²) in [5, 5.41) is 0. The Morgan fingerprint density at radius 1 is 1.38 bits per heavy atom. The van der Waals surface area contributed by atoms with Crippen molar-refractivity contribution >= 4 is 9.84 Å². The van der Waals surface area contributed by atoms with Gasteiger partial charge in [0.25, 0.3) is 5.56 Å². The Hall–Kier alpha value is -1.37. The number of aromatic nitrogens is 2. The lowest BCUT2D eigenvalue weighted by molar-refractivity contribution is 0.596. The van der Waals surface area contributed by atoms with Crippen molar-refractivity contribution in [2.45, 2.75) is 4.90 Å². The molecule has 6 nitrogen and oxygen atoms in total. The molecule has 7 heteroatoms. The molecule has 0 saturated carbocycles. The van der Waals surface area contributed by atoms with E-state index in [1.54, 1.807) is 0 Å². The fourth-order valence-electron chi connectivity index (χ4n) is 0.809. The van der Waals surface area contributed by atoms with Crippen molar-refractivity contribution in [2.75, 3.05) is 6.26 Å². The lowest BCUT2D eigenvalue weighted by Crippen LogP contribution is -2.35. The lowest BCUT2D eigenvalue weighted by atomic mass is 10.6. The van der Waals surface area contributed by atoms with Gasteiger partial charge in [-0.25, -0.2) is 13.2 Å². The maximum Gasteiger partial charge on any atom is 0.328 e. The highest BCUT2D eigenvalue weighted by Crippen LogP contribution is 1.96. The number of nitrogens with zero attached hydrogens (tertiary/aromatic N) is 1. The van der Waals surface area contributed by atoms with E-state index in [-0.39, 0.29) is 0 Å². The second-order valence-corrected chi connectivity index (χ2v) is 4.58. The van der Waals surface area contributed by atoms with Crippen LogP contribution in [0, 0.1) is 0 Å². The first-order chi connectivity index (χ1) is 5.84. The van der Waals surface area contributed by atoms with Gasteiger partial charge < -0.3 is 4.98 Å². The molecular formula is C6H8N2O4S. The van der Waals surface area contributed by atoms with E-state index in [0.29, 0.717) is 4.57 Å². The Morgan fingerprint density at radius 3 is 2.38 bits per heavy atom. The molecule has 0 aliphatic heterocycles. The molecule has 1 N–H and O–H groups in total. The molecule has 1 rings (SSSR count). The second kappa shape index (κ2) is 2.84. The molecule has 0 amide bonds. The van der Waals surface area contributed by atoms with E-state index in [2.05, 4.69) is 4.98 Å². The van der Waals surface area contributed by atoms with E-state index < -0.39 is 26.0 Å². The van der Waals surface area contributed by atoms with Crippen molar-refractivity contribution in [1.29, 1.82) is 0 Å². The Morgan fingerprint density at radius 2 is 1.92 bits per heavy atom. The molecule has 72 valence electrons. The summed E-state index contributed by atoms with van der Waals surface area (Å²) in [5.74, 6) is 0. The van der Waals surface area contributed by atoms with E-state index >= 15 is 0 Å². The highest BCUT2D eigenvalue weighted by Gasteiger charge is 2.13. The summed E-state index contributed by atoms with van der Waals surface area (Å²) in [6.45, 7) is 0. The van der Waals surface area contributed by atoms with Gasteiger partial charge in [-0.1, -0.05) is 0 Å². The van der Waals surface area contributed by atoms with Crippen molar-refractivity contribution in [3.63, 3.8) is 0 Å². The molecule has 0 unspecified atom stereocenters. The first kappa shape index (κ1) is 9.72. The van der Waals surface area contributed by atoms with Crippen molar-refractivity contribution in [3.05, 3.63) is 27.0 Å². The van der Waals surface area contributed by atoms with E-state index in [1.165, 1.54) is 7.05 Å². The zero-order chi connectivity index (χ0) is 10.2. The minimum Gasteiger partial charge on any atom is -0.313 e. The van der Waals surface area contributed by atoms with Crippen LogP contribution < -0.4 is 11.2 Å². The molecule has 0 fully saturated rings. The van der Waals surface area contributed by atoms with E-state index in [1.807, 2.05) is 0 Å². The van der Waals surface area contributed by atoms with Crippen molar-refractivity contribution in [1.82, 2.24) is 9.55 Å². The third kappa shape index (κ3) is 1.69. The fraction of sp³-hybridized carbons (Fsp3) is 0.333. The summed E-state index contributed by atoms with van der Waals surface area (Å²) >= 11 is 0. The highest BCUT2D eigenvalue weighted by molar-refractivity contribution is 7.90. The fourth-order valence-corrected chi connectivity index (χ4v) is 1.54. The number of hydrogen-bond acceptors (Lipinski definition) is 4. The quantitative estimate of drug-likeness (QED) is 0.601. The molecule has 0 aliphatic carbocycles. The molecule has 1 aromatic rings. The van der Waals surface area contributed by atoms with Crippen molar-refractivity contribution in [3.8, 4) is 0 Å². The predicted molar refractivity (Wildman–Crippen MR) is 45.4 cm³/mol. The largest absolute Gasteiger partial charge is 0.328 e. The second-order valence-electron chi connectivity index (χ2n) is 2.59. The summed E-state index contributed by atoms with van der Waals surface area (Å²) in [4.78, 5) is 23.8. The first-order valence-electron chi connectivity index (χ1n) is 3.33. The van der Waals surface area contributed by atoms with Crippen LogP contribution in [0.15, 0.2) is 20.7 Å². The van der Waals surface area contributed by atoms with Gasteiger partial charge in [0.15, 0.2) is 9.84 Å². The standard InChI is InChI=1S/C6H8N2O4S/c1-8-5(9)4(13(2,11)12)3-7-6(8)10/h3H,1-2H3,(H,7,10). The molecule has 0 bridgehead atoms. The normalized spacial score (nSPS) is 11.5. The van der Waals surface area contributed by atoms with Crippen LogP contribution in [0.4, 0.5) is 0 Å². The van der Waals surface area contributed by atoms with Gasteiger partial charge in [0.05, 0.1) is 0 Å². The van der Waals surface area contributed by atoms with Gasteiger partial charge in [-0.15, -0.1) is 0 Å². The SMILES string of the molecule is Cn1c(=O)[nH]cc(S(C)(=O)=O)c1=O. The molecule has 0 aliphatic rings. The summed E-state index contributed by atoms with van der Waals surface area (Å²) < 4.78 is 22.7. The number of H-pyrrole nitrogens is 1. The third-order valence-electron chi connectivity index (χ3n) is 1.55. The average molecular weight is 204 g/mol. The van der Waals surface area contributed by atoms with Gasteiger partial charge in [-0.05, 0) is 0 Å². The molecular weight excluding hydrogens is 196 g/mol. The van der Waals surface area contributed by atoms with Crippen LogP contribution in [0.3, 0.4) is 0 Å². The highest BCUT2D eigenvalue weighted by atomic mass is 32.2. The van der Waals surface area contributed by atoms with Gasteiger partial charge in [-0.3, -0.25) is 9.36 Å². The van der Waals surface area contributed by atoms with Gasteiger partial charge in [-0.2, -0.15) is 0 Å². The number of sulfone groups is 1. The van der Waals surface area contributed by atoms with Crippen LogP contribution in [-0.4, -0.2) is 24.2 Å². The monoisotopic (exact) mass is 204 g/mol. The number of aromatic amines is 1. The maximum absolute atomic E-state index is 11.2. The molecule has 1 aromatic heterocycles. The van der Waals surface area contributed by atoms with Crippen LogP contribution in [0.1, 0.15) is 0 Å². The summed E-state index contributed by atoms with van der Waals surface area (Å²) in [5.41, 5.74) is -1.45. The molecule has 0 spiro atoms. The van der Waals surface area contributed by atoms with Crippen molar-refractivity contribution < 1.29 is 8.42 Å². The summed E-state index contributed by atoms with van der Waals surface area (Å²) in [7, 11) is -2.37. The zero-order valence-corrected chi connectivity index (χ0v) is 7.88. The van der Waals surface area contributed by atoms with Gasteiger partial charge in [0.2, 0.25) is 0 Å². The molecule has 0 aromatic carbocycles. The van der Waals surface area contributed by atoms with Crippen LogP contribution >= 0.6 is 0 Å². The molecule has 13 heavy (non-hydrogen) atoms.